The fraction of sp³-hybridized carbons (Fsp3) is 0.500. The monoisotopic (exact) mass is 191 g/mol. The van der Waals surface area contributed by atoms with Crippen LogP contribution in [0, 0.1) is 17.7 Å². The standard InChI is InChI=1S/C12H14FN/c13-10-3-1-8(2-4-10)11-5-9-6-14-7-12(9)11/h1-4,9,11-12,14H,5-7H2/t9-,11-,12+/m1/s1. The molecular weight excluding hydrogens is 177 g/mol. The second-order valence-electron chi connectivity index (χ2n) is 4.48. The Bertz CT molecular complexity index is 333. The van der Waals surface area contributed by atoms with Gasteiger partial charge in [0.2, 0.25) is 0 Å². The van der Waals surface area contributed by atoms with E-state index in [1.165, 1.54) is 18.5 Å². The Morgan fingerprint density at radius 1 is 1.14 bits per heavy atom. The molecule has 74 valence electrons. The van der Waals surface area contributed by atoms with Gasteiger partial charge in [-0.1, -0.05) is 12.1 Å². The van der Waals surface area contributed by atoms with Crippen molar-refractivity contribution in [1.29, 1.82) is 0 Å². The average Bonchev–Trinajstić information content (AvgIpc) is 2.52. The molecule has 3 rings (SSSR count). The molecule has 1 saturated heterocycles. The molecule has 1 nitrogen and oxygen atoms in total. The minimum atomic E-state index is -0.130. The molecule has 0 spiro atoms. The zero-order valence-electron chi connectivity index (χ0n) is 8.04. The second-order valence-corrected chi connectivity index (χ2v) is 4.48. The van der Waals surface area contributed by atoms with E-state index < -0.39 is 0 Å². The van der Waals surface area contributed by atoms with Crippen molar-refractivity contribution in [1.82, 2.24) is 5.32 Å². The van der Waals surface area contributed by atoms with Gasteiger partial charge in [-0.2, -0.15) is 0 Å². The lowest BCUT2D eigenvalue weighted by atomic mass is 9.64. The maximum absolute atomic E-state index is 12.7. The first kappa shape index (κ1) is 8.42. The molecule has 2 fully saturated rings. The van der Waals surface area contributed by atoms with E-state index in [1.54, 1.807) is 12.1 Å². The van der Waals surface area contributed by atoms with E-state index in [9.17, 15) is 4.39 Å². The van der Waals surface area contributed by atoms with Crippen LogP contribution in [0.15, 0.2) is 24.3 Å². The van der Waals surface area contributed by atoms with E-state index in [4.69, 9.17) is 0 Å². The van der Waals surface area contributed by atoms with Crippen LogP contribution in [-0.4, -0.2) is 13.1 Å². The first-order valence-corrected chi connectivity index (χ1v) is 5.31. The molecule has 2 heteroatoms. The average molecular weight is 191 g/mol. The smallest absolute Gasteiger partial charge is 0.123 e. The van der Waals surface area contributed by atoms with Crippen LogP contribution in [-0.2, 0) is 0 Å². The van der Waals surface area contributed by atoms with Crippen LogP contribution >= 0.6 is 0 Å². The van der Waals surface area contributed by atoms with Crippen LogP contribution in [0.3, 0.4) is 0 Å². The van der Waals surface area contributed by atoms with Crippen molar-refractivity contribution in [3.63, 3.8) is 0 Å². The fourth-order valence-electron chi connectivity index (χ4n) is 2.88. The third-order valence-corrected chi connectivity index (χ3v) is 3.76. The lowest BCUT2D eigenvalue weighted by Crippen LogP contribution is -2.33. The highest BCUT2D eigenvalue weighted by Gasteiger charge is 2.44. The summed E-state index contributed by atoms with van der Waals surface area (Å²) in [6.07, 6.45) is 1.28. The Balaban J connectivity index is 1.80. The number of benzene rings is 1. The summed E-state index contributed by atoms with van der Waals surface area (Å²) in [5.41, 5.74) is 1.32. The van der Waals surface area contributed by atoms with Crippen molar-refractivity contribution < 1.29 is 4.39 Å². The molecule has 1 heterocycles. The molecule has 1 aliphatic carbocycles. The molecule has 14 heavy (non-hydrogen) atoms. The largest absolute Gasteiger partial charge is 0.316 e. The molecule has 0 radical (unpaired) electrons. The summed E-state index contributed by atoms with van der Waals surface area (Å²) < 4.78 is 12.7. The van der Waals surface area contributed by atoms with Gasteiger partial charge in [-0.3, -0.25) is 0 Å². The number of hydrogen-bond donors (Lipinski definition) is 1. The molecule has 1 saturated carbocycles. The van der Waals surface area contributed by atoms with Gasteiger partial charge in [-0.25, -0.2) is 4.39 Å². The van der Waals surface area contributed by atoms with Gasteiger partial charge in [0.25, 0.3) is 0 Å². The van der Waals surface area contributed by atoms with Crippen molar-refractivity contribution in [2.75, 3.05) is 13.1 Å². The number of nitrogens with one attached hydrogen (secondary N) is 1. The highest BCUT2D eigenvalue weighted by atomic mass is 19.1. The van der Waals surface area contributed by atoms with Gasteiger partial charge in [0.15, 0.2) is 0 Å². The van der Waals surface area contributed by atoms with Crippen LogP contribution in [0.25, 0.3) is 0 Å². The first-order chi connectivity index (χ1) is 6.84. The predicted octanol–water partition coefficient (Wildman–Crippen LogP) is 2.15. The molecule has 1 aromatic rings. The minimum absolute atomic E-state index is 0.130. The van der Waals surface area contributed by atoms with Crippen molar-refractivity contribution in [2.45, 2.75) is 12.3 Å². The molecule has 2 aliphatic rings. The van der Waals surface area contributed by atoms with E-state index in [1.807, 2.05) is 12.1 Å². The summed E-state index contributed by atoms with van der Waals surface area (Å²) in [4.78, 5) is 0. The third kappa shape index (κ3) is 1.17. The van der Waals surface area contributed by atoms with E-state index in [-0.39, 0.29) is 5.82 Å². The zero-order chi connectivity index (χ0) is 9.54. The first-order valence-electron chi connectivity index (χ1n) is 5.31. The lowest BCUT2D eigenvalue weighted by molar-refractivity contribution is 0.191. The predicted molar refractivity (Wildman–Crippen MR) is 53.6 cm³/mol. The summed E-state index contributed by atoms with van der Waals surface area (Å²) >= 11 is 0. The maximum atomic E-state index is 12.7. The summed E-state index contributed by atoms with van der Waals surface area (Å²) in [6.45, 7) is 2.33. The van der Waals surface area contributed by atoms with Gasteiger partial charge >= 0.3 is 0 Å². The fourth-order valence-corrected chi connectivity index (χ4v) is 2.88. The number of halogens is 1. The van der Waals surface area contributed by atoms with Gasteiger partial charge in [-0.05, 0) is 55.0 Å². The Morgan fingerprint density at radius 2 is 1.93 bits per heavy atom. The van der Waals surface area contributed by atoms with Crippen LogP contribution in [0.4, 0.5) is 4.39 Å². The lowest BCUT2D eigenvalue weighted by Gasteiger charge is -2.40. The van der Waals surface area contributed by atoms with Crippen LogP contribution < -0.4 is 5.32 Å². The molecule has 0 bridgehead atoms. The molecule has 3 atom stereocenters. The van der Waals surface area contributed by atoms with Gasteiger partial charge < -0.3 is 5.32 Å². The molecule has 1 N–H and O–H groups in total. The Kier molecular flexibility index (Phi) is 1.84. The van der Waals surface area contributed by atoms with Crippen molar-refractivity contribution in [3.8, 4) is 0 Å². The summed E-state index contributed by atoms with van der Waals surface area (Å²) in [7, 11) is 0. The van der Waals surface area contributed by atoms with E-state index >= 15 is 0 Å². The number of rotatable bonds is 1. The van der Waals surface area contributed by atoms with Crippen molar-refractivity contribution >= 4 is 0 Å². The van der Waals surface area contributed by atoms with Crippen LogP contribution in [0.5, 0.6) is 0 Å². The van der Waals surface area contributed by atoms with Gasteiger partial charge in [0.05, 0.1) is 0 Å². The van der Waals surface area contributed by atoms with Gasteiger partial charge in [0.1, 0.15) is 5.82 Å². The molecular formula is C12H14FN. The van der Waals surface area contributed by atoms with Gasteiger partial charge in [-0.15, -0.1) is 0 Å². The van der Waals surface area contributed by atoms with Crippen molar-refractivity contribution in [2.24, 2.45) is 11.8 Å². The normalized spacial score (nSPS) is 35.1. The van der Waals surface area contributed by atoms with Crippen LogP contribution in [0.2, 0.25) is 0 Å². The Hall–Kier alpha value is -0.890. The molecule has 0 amide bonds. The maximum Gasteiger partial charge on any atom is 0.123 e. The number of hydrogen-bond acceptors (Lipinski definition) is 1. The Morgan fingerprint density at radius 3 is 2.64 bits per heavy atom. The minimum Gasteiger partial charge on any atom is -0.316 e. The van der Waals surface area contributed by atoms with Crippen LogP contribution in [0.1, 0.15) is 17.9 Å². The molecule has 0 aromatic heterocycles. The van der Waals surface area contributed by atoms with E-state index in [2.05, 4.69) is 5.32 Å². The summed E-state index contributed by atoms with van der Waals surface area (Å²) in [5, 5.41) is 3.42. The Labute approximate surface area is 83.3 Å². The topological polar surface area (TPSA) is 12.0 Å². The summed E-state index contributed by atoms with van der Waals surface area (Å²) in [5.74, 6) is 2.23. The highest BCUT2D eigenvalue weighted by Crippen LogP contribution is 2.48. The third-order valence-electron chi connectivity index (χ3n) is 3.76. The van der Waals surface area contributed by atoms with Gasteiger partial charge in [0, 0.05) is 0 Å². The van der Waals surface area contributed by atoms with E-state index in [0.29, 0.717) is 5.92 Å². The van der Waals surface area contributed by atoms with Crippen molar-refractivity contribution in [3.05, 3.63) is 35.6 Å². The quantitative estimate of drug-likeness (QED) is 0.717. The zero-order valence-corrected chi connectivity index (χ0v) is 8.04. The number of fused-ring (bicyclic) bond motifs is 1. The molecule has 0 unspecified atom stereocenters. The molecule has 1 aromatic carbocycles. The van der Waals surface area contributed by atoms with E-state index in [0.717, 1.165) is 18.4 Å². The summed E-state index contributed by atoms with van der Waals surface area (Å²) in [6, 6.07) is 7.03. The molecule has 1 aliphatic heterocycles. The highest BCUT2D eigenvalue weighted by molar-refractivity contribution is 5.25. The second kappa shape index (κ2) is 3.06. The SMILES string of the molecule is Fc1ccc([C@H]2C[C@@H]3CNC[C@@H]32)cc1.